The zero-order valence-corrected chi connectivity index (χ0v) is 7.67. The van der Waals surface area contributed by atoms with E-state index in [-0.39, 0.29) is 12.2 Å². The van der Waals surface area contributed by atoms with Gasteiger partial charge in [0.1, 0.15) is 6.10 Å². The highest BCUT2D eigenvalue weighted by Gasteiger charge is 2.17. The first-order valence-corrected chi connectivity index (χ1v) is 4.29. The lowest BCUT2D eigenvalue weighted by Gasteiger charge is -2.24. The van der Waals surface area contributed by atoms with E-state index >= 15 is 0 Å². The molecular weight excluding hydrogens is 156 g/mol. The van der Waals surface area contributed by atoms with Gasteiger partial charge in [-0.05, 0) is 19.4 Å². The molecule has 1 fully saturated rings. The summed E-state index contributed by atoms with van der Waals surface area (Å²) in [6, 6.07) is 0. The van der Waals surface area contributed by atoms with Crippen LogP contribution >= 0.6 is 0 Å². The Morgan fingerprint density at radius 3 is 2.83 bits per heavy atom. The molecule has 0 spiro atoms. The van der Waals surface area contributed by atoms with Crippen LogP contribution in [0, 0.1) is 0 Å². The molecule has 0 saturated carbocycles. The van der Waals surface area contributed by atoms with E-state index in [1.165, 1.54) is 4.90 Å². The first-order valence-electron chi connectivity index (χ1n) is 4.29. The fraction of sp³-hybridized carbons (Fsp3) is 0.875. The van der Waals surface area contributed by atoms with Crippen molar-refractivity contribution in [3.8, 4) is 0 Å². The van der Waals surface area contributed by atoms with Gasteiger partial charge >= 0.3 is 6.09 Å². The van der Waals surface area contributed by atoms with E-state index in [1.807, 2.05) is 0 Å². The van der Waals surface area contributed by atoms with Crippen LogP contribution in [0.2, 0.25) is 0 Å². The molecule has 0 aliphatic carbocycles. The average Bonchev–Trinajstić information content (AvgIpc) is 2.06. The number of nitrogens with zero attached hydrogens (tertiary/aromatic N) is 1. The summed E-state index contributed by atoms with van der Waals surface area (Å²) in [4.78, 5) is 12.5. The summed E-state index contributed by atoms with van der Waals surface area (Å²) >= 11 is 0. The van der Waals surface area contributed by atoms with Crippen LogP contribution in [0.25, 0.3) is 0 Å². The number of piperidine rings is 1. The van der Waals surface area contributed by atoms with Crippen LogP contribution in [-0.2, 0) is 4.74 Å². The minimum Gasteiger partial charge on any atom is -0.445 e. The number of ether oxygens (including phenoxy) is 1. The van der Waals surface area contributed by atoms with Gasteiger partial charge in [-0.15, -0.1) is 0 Å². The normalized spacial score (nSPS) is 23.3. The van der Waals surface area contributed by atoms with Crippen molar-refractivity contribution >= 4 is 6.09 Å². The van der Waals surface area contributed by atoms with Gasteiger partial charge in [0.25, 0.3) is 0 Å². The SMILES string of the molecule is CN(C)C(=O)O[C@@H]1CCCNC1. The topological polar surface area (TPSA) is 41.6 Å². The second kappa shape index (κ2) is 4.30. The zero-order chi connectivity index (χ0) is 8.97. The molecule has 12 heavy (non-hydrogen) atoms. The van der Waals surface area contributed by atoms with Crippen molar-refractivity contribution in [2.45, 2.75) is 18.9 Å². The van der Waals surface area contributed by atoms with Crippen LogP contribution in [-0.4, -0.2) is 44.3 Å². The first kappa shape index (κ1) is 9.32. The van der Waals surface area contributed by atoms with Gasteiger partial charge in [0, 0.05) is 20.6 Å². The Hall–Kier alpha value is -0.770. The van der Waals surface area contributed by atoms with E-state index in [1.54, 1.807) is 14.1 Å². The summed E-state index contributed by atoms with van der Waals surface area (Å²) in [5.41, 5.74) is 0. The summed E-state index contributed by atoms with van der Waals surface area (Å²) in [5, 5.41) is 3.18. The van der Waals surface area contributed by atoms with Crippen molar-refractivity contribution in [3.63, 3.8) is 0 Å². The molecule has 1 N–H and O–H groups in total. The Bertz CT molecular complexity index is 153. The Kier molecular flexibility index (Phi) is 3.34. The minimum absolute atomic E-state index is 0.0636. The standard InChI is InChI=1S/C8H16N2O2/c1-10(2)8(11)12-7-4-3-5-9-6-7/h7,9H,3-6H2,1-2H3/t7-/m1/s1. The van der Waals surface area contributed by atoms with E-state index in [9.17, 15) is 4.79 Å². The van der Waals surface area contributed by atoms with Crippen LogP contribution < -0.4 is 5.32 Å². The monoisotopic (exact) mass is 172 g/mol. The first-order chi connectivity index (χ1) is 5.70. The number of hydrogen-bond acceptors (Lipinski definition) is 3. The molecule has 0 aromatic rings. The second-order valence-corrected chi connectivity index (χ2v) is 3.25. The van der Waals surface area contributed by atoms with Gasteiger partial charge in [0.2, 0.25) is 0 Å². The summed E-state index contributed by atoms with van der Waals surface area (Å²) in [6.45, 7) is 1.83. The number of amides is 1. The van der Waals surface area contributed by atoms with Crippen molar-refractivity contribution in [2.24, 2.45) is 0 Å². The highest BCUT2D eigenvalue weighted by Crippen LogP contribution is 2.06. The van der Waals surface area contributed by atoms with Gasteiger partial charge in [-0.2, -0.15) is 0 Å². The molecule has 4 nitrogen and oxygen atoms in total. The molecule has 1 atom stereocenters. The Morgan fingerprint density at radius 2 is 2.33 bits per heavy atom. The Morgan fingerprint density at radius 1 is 1.58 bits per heavy atom. The van der Waals surface area contributed by atoms with E-state index in [0.29, 0.717) is 0 Å². The van der Waals surface area contributed by atoms with E-state index in [2.05, 4.69) is 5.32 Å². The minimum atomic E-state index is -0.247. The average molecular weight is 172 g/mol. The summed E-state index contributed by atoms with van der Waals surface area (Å²) in [5.74, 6) is 0. The predicted molar refractivity (Wildman–Crippen MR) is 46.1 cm³/mol. The number of rotatable bonds is 1. The van der Waals surface area contributed by atoms with Crippen molar-refractivity contribution in [1.29, 1.82) is 0 Å². The lowest BCUT2D eigenvalue weighted by Crippen LogP contribution is -2.38. The third-order valence-electron chi connectivity index (χ3n) is 1.88. The molecule has 1 saturated heterocycles. The van der Waals surface area contributed by atoms with Gasteiger partial charge in [0.15, 0.2) is 0 Å². The highest BCUT2D eigenvalue weighted by molar-refractivity contribution is 5.66. The van der Waals surface area contributed by atoms with Gasteiger partial charge in [-0.3, -0.25) is 0 Å². The van der Waals surface area contributed by atoms with Crippen molar-refractivity contribution in [2.75, 3.05) is 27.2 Å². The summed E-state index contributed by atoms with van der Waals surface area (Å²) in [6.07, 6.45) is 1.88. The molecule has 0 aromatic carbocycles. The third kappa shape index (κ3) is 2.70. The highest BCUT2D eigenvalue weighted by atomic mass is 16.6. The molecular formula is C8H16N2O2. The molecule has 0 aromatic heterocycles. The quantitative estimate of drug-likeness (QED) is 0.624. The lowest BCUT2D eigenvalue weighted by atomic mass is 10.1. The fourth-order valence-electron chi connectivity index (χ4n) is 1.17. The maximum Gasteiger partial charge on any atom is 0.409 e. The van der Waals surface area contributed by atoms with Gasteiger partial charge in [-0.1, -0.05) is 0 Å². The summed E-state index contributed by atoms with van der Waals surface area (Å²) in [7, 11) is 3.39. The van der Waals surface area contributed by atoms with Crippen LogP contribution in [0.1, 0.15) is 12.8 Å². The molecule has 4 heteroatoms. The fourth-order valence-corrected chi connectivity index (χ4v) is 1.17. The third-order valence-corrected chi connectivity index (χ3v) is 1.88. The molecule has 1 aliphatic rings. The second-order valence-electron chi connectivity index (χ2n) is 3.25. The Balaban J connectivity index is 2.24. The number of hydrogen-bond donors (Lipinski definition) is 1. The molecule has 1 aliphatic heterocycles. The number of carbonyl (C=O) groups excluding carboxylic acids is 1. The summed E-state index contributed by atoms with van der Waals surface area (Å²) < 4.78 is 5.18. The Labute approximate surface area is 72.9 Å². The number of nitrogens with one attached hydrogen (secondary N) is 1. The van der Waals surface area contributed by atoms with E-state index in [4.69, 9.17) is 4.74 Å². The smallest absolute Gasteiger partial charge is 0.409 e. The predicted octanol–water partition coefficient (Wildman–Crippen LogP) is 0.437. The molecule has 1 amide bonds. The molecule has 0 bridgehead atoms. The van der Waals surface area contributed by atoms with Crippen LogP contribution in [0.3, 0.4) is 0 Å². The molecule has 70 valence electrons. The van der Waals surface area contributed by atoms with Crippen molar-refractivity contribution in [1.82, 2.24) is 10.2 Å². The maximum atomic E-state index is 11.1. The van der Waals surface area contributed by atoms with E-state index in [0.717, 1.165) is 25.9 Å². The van der Waals surface area contributed by atoms with Crippen LogP contribution in [0.15, 0.2) is 0 Å². The van der Waals surface area contributed by atoms with Crippen molar-refractivity contribution < 1.29 is 9.53 Å². The molecule has 1 heterocycles. The van der Waals surface area contributed by atoms with Gasteiger partial charge in [-0.25, -0.2) is 4.79 Å². The van der Waals surface area contributed by atoms with Crippen LogP contribution in [0.4, 0.5) is 4.79 Å². The largest absolute Gasteiger partial charge is 0.445 e. The van der Waals surface area contributed by atoms with E-state index < -0.39 is 0 Å². The molecule has 0 radical (unpaired) electrons. The molecule has 0 unspecified atom stereocenters. The van der Waals surface area contributed by atoms with Crippen LogP contribution in [0.5, 0.6) is 0 Å². The number of carbonyl (C=O) groups is 1. The lowest BCUT2D eigenvalue weighted by molar-refractivity contribution is 0.0622. The molecule has 1 rings (SSSR count). The van der Waals surface area contributed by atoms with Crippen molar-refractivity contribution in [3.05, 3.63) is 0 Å². The maximum absolute atomic E-state index is 11.1. The zero-order valence-electron chi connectivity index (χ0n) is 7.67. The van der Waals surface area contributed by atoms with Gasteiger partial charge < -0.3 is 15.0 Å². The van der Waals surface area contributed by atoms with Gasteiger partial charge in [0.05, 0.1) is 0 Å².